The monoisotopic (exact) mass is 173 g/mol. The predicted octanol–water partition coefficient (Wildman–Crippen LogP) is 1.32. The smallest absolute Gasteiger partial charge is 0.141 e. The minimum atomic E-state index is 0.440. The lowest BCUT2D eigenvalue weighted by Crippen LogP contribution is -1.94. The molecule has 0 aliphatic rings. The molecule has 0 aromatic carbocycles. The molecule has 0 bridgehead atoms. The van der Waals surface area contributed by atoms with Crippen LogP contribution in [-0.2, 0) is 0 Å². The second-order valence-electron chi connectivity index (χ2n) is 2.57. The van der Waals surface area contributed by atoms with Gasteiger partial charge in [0.25, 0.3) is 0 Å². The van der Waals surface area contributed by atoms with Crippen LogP contribution in [-0.4, -0.2) is 11.5 Å². The number of nitriles is 1. The fraction of sp³-hybridized carbons (Fsp3) is 0.200. The van der Waals surface area contributed by atoms with Gasteiger partial charge < -0.3 is 5.73 Å². The summed E-state index contributed by atoms with van der Waals surface area (Å²) < 4.78 is 0. The van der Waals surface area contributed by atoms with Gasteiger partial charge in [0, 0.05) is 6.20 Å². The molecular weight excluding hydrogens is 162 g/mol. The van der Waals surface area contributed by atoms with Crippen molar-refractivity contribution in [1.29, 1.82) is 5.26 Å². The van der Waals surface area contributed by atoms with E-state index in [2.05, 4.69) is 4.98 Å². The van der Waals surface area contributed by atoms with E-state index >= 15 is 0 Å². The van der Waals surface area contributed by atoms with Crippen LogP contribution < -0.4 is 5.73 Å². The van der Waals surface area contributed by atoms with E-state index in [-0.39, 0.29) is 0 Å². The van der Waals surface area contributed by atoms with E-state index in [9.17, 15) is 0 Å². The lowest BCUT2D eigenvalue weighted by atomic mass is 10.2. The van der Waals surface area contributed by atoms with E-state index in [1.807, 2.05) is 24.3 Å². The minimum absolute atomic E-state index is 0.440. The van der Waals surface area contributed by atoms with Crippen molar-refractivity contribution in [1.82, 2.24) is 4.98 Å². The zero-order valence-electron chi connectivity index (χ0n) is 7.27. The fourth-order valence-electron chi connectivity index (χ4n) is 0.927. The molecule has 0 aliphatic carbocycles. The molecule has 1 rings (SSSR count). The molecule has 0 spiro atoms. The molecular formula is C10H11N3. The topological polar surface area (TPSA) is 62.7 Å². The molecule has 1 aromatic heterocycles. The highest BCUT2D eigenvalue weighted by atomic mass is 14.7. The van der Waals surface area contributed by atoms with Crippen molar-refractivity contribution >= 4 is 6.08 Å². The number of rotatable bonds is 3. The molecule has 0 atom stereocenters. The lowest BCUT2D eigenvalue weighted by molar-refractivity contribution is 1.01. The van der Waals surface area contributed by atoms with Crippen LogP contribution in [0.1, 0.15) is 17.7 Å². The van der Waals surface area contributed by atoms with E-state index < -0.39 is 0 Å². The summed E-state index contributed by atoms with van der Waals surface area (Å²) in [5.74, 6) is 0. The average molecular weight is 173 g/mol. The Labute approximate surface area is 77.5 Å². The second kappa shape index (κ2) is 5.07. The van der Waals surface area contributed by atoms with Gasteiger partial charge in [-0.15, -0.1) is 0 Å². The largest absolute Gasteiger partial charge is 0.330 e. The number of aromatic nitrogens is 1. The van der Waals surface area contributed by atoms with E-state index in [4.69, 9.17) is 11.0 Å². The molecule has 13 heavy (non-hydrogen) atoms. The predicted molar refractivity (Wildman–Crippen MR) is 51.7 cm³/mol. The summed E-state index contributed by atoms with van der Waals surface area (Å²) in [6, 6.07) is 5.59. The maximum Gasteiger partial charge on any atom is 0.141 e. The van der Waals surface area contributed by atoms with Gasteiger partial charge in [-0.05, 0) is 30.7 Å². The van der Waals surface area contributed by atoms with E-state index in [1.54, 1.807) is 12.3 Å². The summed E-state index contributed by atoms with van der Waals surface area (Å²) in [5.41, 5.74) is 6.76. The third-order valence-electron chi connectivity index (χ3n) is 1.54. The standard InChI is InChI=1S/C10H11N3/c11-5-2-1-3-9-4-6-13-10(7-9)8-12/h1,3-4,6-7H,2,5,11H2. The van der Waals surface area contributed by atoms with Crippen molar-refractivity contribution in [2.75, 3.05) is 6.54 Å². The van der Waals surface area contributed by atoms with Gasteiger partial charge in [-0.3, -0.25) is 0 Å². The van der Waals surface area contributed by atoms with Crippen molar-refractivity contribution in [2.24, 2.45) is 5.73 Å². The number of hydrogen-bond acceptors (Lipinski definition) is 3. The highest BCUT2D eigenvalue weighted by Crippen LogP contribution is 2.03. The average Bonchev–Trinajstić information content (AvgIpc) is 2.19. The highest BCUT2D eigenvalue weighted by molar-refractivity contribution is 5.50. The van der Waals surface area contributed by atoms with Crippen LogP contribution in [0.25, 0.3) is 6.08 Å². The van der Waals surface area contributed by atoms with Crippen LogP contribution in [0, 0.1) is 11.3 Å². The summed E-state index contributed by atoms with van der Waals surface area (Å²) in [7, 11) is 0. The zero-order chi connectivity index (χ0) is 9.52. The van der Waals surface area contributed by atoms with Crippen LogP contribution in [0.5, 0.6) is 0 Å². The van der Waals surface area contributed by atoms with Crippen LogP contribution in [0.4, 0.5) is 0 Å². The van der Waals surface area contributed by atoms with Gasteiger partial charge in [-0.25, -0.2) is 4.98 Å². The van der Waals surface area contributed by atoms with E-state index in [0.29, 0.717) is 12.2 Å². The Bertz CT molecular complexity index is 336. The zero-order valence-corrected chi connectivity index (χ0v) is 7.27. The van der Waals surface area contributed by atoms with Crippen molar-refractivity contribution < 1.29 is 0 Å². The van der Waals surface area contributed by atoms with Gasteiger partial charge in [0.1, 0.15) is 11.8 Å². The summed E-state index contributed by atoms with van der Waals surface area (Å²) in [6.45, 7) is 0.646. The molecule has 0 fully saturated rings. The first-order valence-corrected chi connectivity index (χ1v) is 4.09. The Kier molecular flexibility index (Phi) is 3.68. The molecule has 3 nitrogen and oxygen atoms in total. The number of nitrogens with zero attached hydrogens (tertiary/aromatic N) is 2. The second-order valence-corrected chi connectivity index (χ2v) is 2.57. The maximum absolute atomic E-state index is 8.58. The Morgan fingerprint density at radius 2 is 2.46 bits per heavy atom. The van der Waals surface area contributed by atoms with Crippen LogP contribution >= 0.6 is 0 Å². The molecule has 0 saturated carbocycles. The molecule has 2 N–H and O–H groups in total. The number of nitrogens with two attached hydrogens (primary N) is 1. The molecule has 0 unspecified atom stereocenters. The molecule has 0 saturated heterocycles. The van der Waals surface area contributed by atoms with E-state index in [1.165, 1.54) is 0 Å². The summed E-state index contributed by atoms with van der Waals surface area (Å²) in [5, 5.41) is 8.58. The maximum atomic E-state index is 8.58. The Hall–Kier alpha value is -1.66. The molecule has 1 aromatic rings. The van der Waals surface area contributed by atoms with Gasteiger partial charge in [0.15, 0.2) is 0 Å². The summed E-state index contributed by atoms with van der Waals surface area (Å²) in [6.07, 6.45) is 6.40. The van der Waals surface area contributed by atoms with Crippen molar-refractivity contribution in [3.8, 4) is 6.07 Å². The molecule has 3 heteroatoms. The van der Waals surface area contributed by atoms with Crippen molar-refractivity contribution in [2.45, 2.75) is 6.42 Å². The van der Waals surface area contributed by atoms with Crippen LogP contribution in [0.15, 0.2) is 24.4 Å². The summed E-state index contributed by atoms with van der Waals surface area (Å²) in [4.78, 5) is 3.87. The minimum Gasteiger partial charge on any atom is -0.330 e. The first-order chi connectivity index (χ1) is 6.36. The van der Waals surface area contributed by atoms with Gasteiger partial charge in [0.05, 0.1) is 0 Å². The Morgan fingerprint density at radius 1 is 1.62 bits per heavy atom. The Morgan fingerprint density at radius 3 is 3.15 bits per heavy atom. The molecule has 0 amide bonds. The third-order valence-corrected chi connectivity index (χ3v) is 1.54. The van der Waals surface area contributed by atoms with Crippen LogP contribution in [0.2, 0.25) is 0 Å². The van der Waals surface area contributed by atoms with Gasteiger partial charge in [-0.2, -0.15) is 5.26 Å². The molecule has 0 radical (unpaired) electrons. The molecule has 66 valence electrons. The third kappa shape index (κ3) is 3.06. The Balaban J connectivity index is 2.73. The normalized spacial score (nSPS) is 10.2. The van der Waals surface area contributed by atoms with E-state index in [0.717, 1.165) is 12.0 Å². The first-order valence-electron chi connectivity index (χ1n) is 4.09. The molecule has 0 aliphatic heterocycles. The first kappa shape index (κ1) is 9.43. The van der Waals surface area contributed by atoms with Crippen LogP contribution in [0.3, 0.4) is 0 Å². The van der Waals surface area contributed by atoms with Crippen molar-refractivity contribution in [3.05, 3.63) is 35.7 Å². The SMILES string of the molecule is N#Cc1cc(C=CCCN)ccn1. The highest BCUT2D eigenvalue weighted by Gasteiger charge is 1.90. The number of hydrogen-bond donors (Lipinski definition) is 1. The fourth-order valence-corrected chi connectivity index (χ4v) is 0.927. The van der Waals surface area contributed by atoms with Gasteiger partial charge in [0.2, 0.25) is 0 Å². The van der Waals surface area contributed by atoms with Crippen molar-refractivity contribution in [3.63, 3.8) is 0 Å². The molecule has 1 heterocycles. The van der Waals surface area contributed by atoms with Gasteiger partial charge in [-0.1, -0.05) is 12.2 Å². The summed E-state index contributed by atoms with van der Waals surface area (Å²) >= 11 is 0. The van der Waals surface area contributed by atoms with Gasteiger partial charge >= 0.3 is 0 Å². The lowest BCUT2D eigenvalue weighted by Gasteiger charge is -1.92. The quantitative estimate of drug-likeness (QED) is 0.749. The number of pyridine rings is 1.